The average Bonchev–Trinajstić information content (AvgIpc) is 3.55. The number of carbonyl (C=O) groups is 2. The van der Waals surface area contributed by atoms with Gasteiger partial charge in [0.05, 0.1) is 18.2 Å². The van der Waals surface area contributed by atoms with Crippen LogP contribution in [0, 0.1) is 51.2 Å². The lowest BCUT2D eigenvalue weighted by atomic mass is 9.32. The number of benzene rings is 4. The summed E-state index contributed by atoms with van der Waals surface area (Å²) < 4.78 is 6.64. The van der Waals surface area contributed by atoms with Crippen molar-refractivity contribution >= 4 is 22.6 Å². The van der Waals surface area contributed by atoms with Crippen LogP contribution in [0.25, 0.3) is 21.9 Å². The van der Waals surface area contributed by atoms with Gasteiger partial charge in [0.1, 0.15) is 6.10 Å². The van der Waals surface area contributed by atoms with Crippen LogP contribution in [0.5, 0.6) is 0 Å². The quantitative estimate of drug-likeness (QED) is 0.129. The third-order valence-corrected chi connectivity index (χ3v) is 18.4. The van der Waals surface area contributed by atoms with Crippen LogP contribution in [0.15, 0.2) is 121 Å². The minimum absolute atomic E-state index is 0.0364. The Bertz CT molecular complexity index is 2450. The molecule has 4 fully saturated rings. The third kappa shape index (κ3) is 6.62. The summed E-state index contributed by atoms with van der Waals surface area (Å²) >= 11 is 0. The maximum absolute atomic E-state index is 15.4. The normalized spacial score (nSPS) is 36.6. The average molecular weight is 846 g/mol. The van der Waals surface area contributed by atoms with Crippen LogP contribution in [-0.4, -0.2) is 51.3 Å². The van der Waals surface area contributed by atoms with E-state index in [1.807, 2.05) is 47.4 Å². The van der Waals surface area contributed by atoms with Gasteiger partial charge in [-0.1, -0.05) is 156 Å². The molecule has 330 valence electrons. The van der Waals surface area contributed by atoms with E-state index in [-0.39, 0.29) is 41.8 Å². The summed E-state index contributed by atoms with van der Waals surface area (Å²) in [5, 5.41) is 27.0. The molecule has 0 heterocycles. The van der Waals surface area contributed by atoms with Crippen LogP contribution in [0.3, 0.4) is 0 Å². The minimum Gasteiger partial charge on any atom is -0.446 e. The van der Waals surface area contributed by atoms with E-state index in [1.165, 1.54) is 0 Å². The fourth-order valence-corrected chi connectivity index (χ4v) is 14.8. The molecule has 0 saturated heterocycles. The molecular formula is C57H67NO5. The molecule has 6 nitrogen and oxygen atoms in total. The zero-order chi connectivity index (χ0) is 43.9. The Hall–Kier alpha value is -4.52. The molecule has 0 aromatic heterocycles. The first-order valence-corrected chi connectivity index (χ1v) is 24.2. The van der Waals surface area contributed by atoms with Crippen molar-refractivity contribution in [2.24, 2.45) is 51.2 Å². The van der Waals surface area contributed by atoms with Crippen molar-refractivity contribution in [1.82, 2.24) is 4.90 Å². The van der Waals surface area contributed by atoms with Gasteiger partial charge in [-0.05, 0) is 120 Å². The summed E-state index contributed by atoms with van der Waals surface area (Å²) in [4.78, 5) is 32.1. The second-order valence-electron chi connectivity index (χ2n) is 21.8. The molecule has 4 aromatic carbocycles. The molecule has 7 aliphatic rings. The van der Waals surface area contributed by atoms with Gasteiger partial charge < -0.3 is 19.8 Å². The van der Waals surface area contributed by atoms with Crippen molar-refractivity contribution in [3.63, 3.8) is 0 Å². The second kappa shape index (κ2) is 15.6. The smallest absolute Gasteiger partial charge is 0.410 e. The second-order valence-corrected chi connectivity index (χ2v) is 21.8. The molecule has 4 saturated carbocycles. The van der Waals surface area contributed by atoms with Gasteiger partial charge in [0.15, 0.2) is 5.78 Å². The monoisotopic (exact) mass is 846 g/mol. The van der Waals surface area contributed by atoms with Crippen LogP contribution >= 0.6 is 0 Å². The summed E-state index contributed by atoms with van der Waals surface area (Å²) in [6.45, 7) is 11.9. The van der Waals surface area contributed by atoms with Crippen LogP contribution < -0.4 is 0 Å². The van der Waals surface area contributed by atoms with E-state index in [0.717, 1.165) is 84.4 Å². The SMILES string of the molecule is CC1CCC(C(C)C)C(OC(=O)N(Cc2cccc3ccccc23)CC2(O)CCC3C45C=CC6(C=C4C(=O)c4ccc(-c7ccccc7)cc4)CC(O)CCC6(C)C5CCC32C)C1. The maximum Gasteiger partial charge on any atom is 0.410 e. The molecule has 11 atom stereocenters. The lowest BCUT2D eigenvalue weighted by Crippen LogP contribution is -2.67. The van der Waals surface area contributed by atoms with Crippen LogP contribution in [0.2, 0.25) is 0 Å². The van der Waals surface area contributed by atoms with Gasteiger partial charge in [-0.15, -0.1) is 0 Å². The molecule has 2 spiro atoms. The summed E-state index contributed by atoms with van der Waals surface area (Å²) in [7, 11) is 0. The van der Waals surface area contributed by atoms with Crippen molar-refractivity contribution in [3.8, 4) is 11.1 Å². The van der Waals surface area contributed by atoms with E-state index >= 15 is 4.79 Å². The molecular weight excluding hydrogens is 779 g/mol. The van der Waals surface area contributed by atoms with E-state index in [2.05, 4.69) is 107 Å². The summed E-state index contributed by atoms with van der Waals surface area (Å²) in [6, 6.07) is 33.0. The van der Waals surface area contributed by atoms with Crippen LogP contribution in [0.1, 0.15) is 115 Å². The number of amides is 1. The van der Waals surface area contributed by atoms with Gasteiger partial charge in [-0.25, -0.2) is 4.79 Å². The molecule has 0 aliphatic heterocycles. The lowest BCUT2D eigenvalue weighted by molar-refractivity contribution is -0.175. The molecule has 0 radical (unpaired) electrons. The highest BCUT2D eigenvalue weighted by molar-refractivity contribution is 6.10. The third-order valence-electron chi connectivity index (χ3n) is 18.4. The predicted molar refractivity (Wildman–Crippen MR) is 251 cm³/mol. The number of fused-ring (bicyclic) bond motifs is 2. The van der Waals surface area contributed by atoms with Crippen molar-refractivity contribution in [2.75, 3.05) is 6.54 Å². The molecule has 1 amide bonds. The number of aliphatic hydroxyl groups is 2. The van der Waals surface area contributed by atoms with E-state index in [9.17, 15) is 15.0 Å². The zero-order valence-electron chi connectivity index (χ0n) is 38.1. The molecule has 11 rings (SSSR count). The Balaban J connectivity index is 1.03. The van der Waals surface area contributed by atoms with Crippen molar-refractivity contribution in [2.45, 2.75) is 123 Å². The van der Waals surface area contributed by atoms with Gasteiger partial charge >= 0.3 is 6.09 Å². The number of nitrogens with zero attached hydrogens (tertiary/aromatic N) is 1. The number of carbonyl (C=O) groups excluding carboxylic acids is 2. The highest BCUT2D eigenvalue weighted by Crippen LogP contribution is 2.78. The molecule has 63 heavy (non-hydrogen) atoms. The number of ketones is 1. The van der Waals surface area contributed by atoms with E-state index < -0.39 is 27.9 Å². The molecule has 2 bridgehead atoms. The van der Waals surface area contributed by atoms with E-state index in [4.69, 9.17) is 4.74 Å². The maximum atomic E-state index is 15.4. The van der Waals surface area contributed by atoms with Crippen molar-refractivity contribution < 1.29 is 24.5 Å². The molecule has 4 aromatic rings. The molecule has 7 aliphatic carbocycles. The number of Topliss-reactive ketones (excluding diaryl/α,β-unsaturated/α-hetero) is 1. The summed E-state index contributed by atoms with van der Waals surface area (Å²) in [5.74, 6) is 1.36. The Kier molecular flexibility index (Phi) is 10.5. The van der Waals surface area contributed by atoms with Gasteiger partial charge in [0.2, 0.25) is 0 Å². The predicted octanol–water partition coefficient (Wildman–Crippen LogP) is 12.4. The molecule has 6 heteroatoms. The summed E-state index contributed by atoms with van der Waals surface area (Å²) in [6.07, 6.45) is 14.3. The first-order valence-electron chi connectivity index (χ1n) is 24.2. The number of hydrogen-bond acceptors (Lipinski definition) is 5. The highest BCUT2D eigenvalue weighted by atomic mass is 16.6. The van der Waals surface area contributed by atoms with Gasteiger partial charge in [0.25, 0.3) is 0 Å². The summed E-state index contributed by atoms with van der Waals surface area (Å²) in [5.41, 5.74) is 1.73. The van der Waals surface area contributed by atoms with Crippen LogP contribution in [-0.2, 0) is 11.3 Å². The van der Waals surface area contributed by atoms with Gasteiger partial charge in [-0.3, -0.25) is 4.79 Å². The van der Waals surface area contributed by atoms with Crippen molar-refractivity contribution in [3.05, 3.63) is 132 Å². The topological polar surface area (TPSA) is 87.1 Å². The van der Waals surface area contributed by atoms with Gasteiger partial charge in [-0.2, -0.15) is 0 Å². The molecule has 2 N–H and O–H groups in total. The number of aliphatic hydroxyl groups excluding tert-OH is 1. The van der Waals surface area contributed by atoms with E-state index in [1.54, 1.807) is 0 Å². The first-order chi connectivity index (χ1) is 30.2. The fourth-order valence-electron chi connectivity index (χ4n) is 14.8. The van der Waals surface area contributed by atoms with Gasteiger partial charge in [0, 0.05) is 33.9 Å². The van der Waals surface area contributed by atoms with Crippen LogP contribution in [0.4, 0.5) is 4.79 Å². The Morgan fingerprint density at radius 1 is 0.778 bits per heavy atom. The number of hydrogen-bond donors (Lipinski definition) is 2. The molecule has 11 unspecified atom stereocenters. The fraction of sp³-hybridized carbons (Fsp3) is 0.509. The number of allylic oxidation sites excluding steroid dienone is 4. The van der Waals surface area contributed by atoms with E-state index in [0.29, 0.717) is 42.7 Å². The first kappa shape index (κ1) is 42.4. The zero-order valence-corrected chi connectivity index (χ0v) is 38.1. The number of rotatable bonds is 9. The minimum atomic E-state index is -1.23. The lowest BCUT2D eigenvalue weighted by Gasteiger charge is -2.71. The highest BCUT2D eigenvalue weighted by Gasteiger charge is 2.74. The standard InChI is InChI=1S/C57H67NO5/c1-37(2)45-23-18-38(3)32-48(45)63-52(61)58(35-43-16-11-15-41-14-9-10-17-46(41)43)36-56(62)29-26-50-54(56,5)28-25-49-53(4)27-24-44(59)33-55(53)30-31-57(49,50)47(34-55)51(60)42-21-19-40(20-22-42)39-12-7-6-8-13-39/h6-17,19-22,30-31,34,37-38,44-45,48-50,59,62H,18,23-29,32-33,35-36H2,1-5H3. The Morgan fingerprint density at radius 2 is 1.46 bits per heavy atom. The Labute approximate surface area is 374 Å². The largest absolute Gasteiger partial charge is 0.446 e. The number of ether oxygens (including phenoxy) is 1. The Morgan fingerprint density at radius 3 is 2.24 bits per heavy atom. The van der Waals surface area contributed by atoms with Crippen molar-refractivity contribution in [1.29, 1.82) is 0 Å².